The van der Waals surface area contributed by atoms with Crippen molar-refractivity contribution in [2.75, 3.05) is 0 Å². The highest BCUT2D eigenvalue weighted by Gasteiger charge is 2.16. The number of fused-ring (bicyclic) bond motifs is 1. The van der Waals surface area contributed by atoms with Crippen LogP contribution in [0.25, 0.3) is 21.6 Å². The highest BCUT2D eigenvalue weighted by molar-refractivity contribution is 7.17. The zero-order chi connectivity index (χ0) is 17.4. The van der Waals surface area contributed by atoms with Crippen LogP contribution in [0.4, 0.5) is 13.2 Å². The van der Waals surface area contributed by atoms with Crippen LogP contribution >= 0.6 is 11.3 Å². The van der Waals surface area contributed by atoms with Crippen LogP contribution in [-0.4, -0.2) is 9.97 Å². The summed E-state index contributed by atoms with van der Waals surface area (Å²) in [6.45, 7) is 0. The molecule has 0 amide bonds. The summed E-state index contributed by atoms with van der Waals surface area (Å²) in [5.41, 5.74) is 1.42. The van der Waals surface area contributed by atoms with Gasteiger partial charge in [0.05, 0.1) is 5.52 Å². The smallest absolute Gasteiger partial charge is 0.240 e. The van der Waals surface area contributed by atoms with E-state index in [-0.39, 0.29) is 11.6 Å². The zero-order valence-electron chi connectivity index (χ0n) is 12.5. The number of thiophene rings is 1. The first kappa shape index (κ1) is 15.6. The van der Waals surface area contributed by atoms with Crippen molar-refractivity contribution in [1.29, 1.82) is 0 Å². The molecule has 7 heteroatoms. The van der Waals surface area contributed by atoms with E-state index in [9.17, 15) is 13.2 Å². The lowest BCUT2D eigenvalue weighted by Gasteiger charge is -2.09. The topological polar surface area (TPSA) is 35.0 Å². The summed E-state index contributed by atoms with van der Waals surface area (Å²) in [5, 5.41) is 1.81. The van der Waals surface area contributed by atoms with Crippen molar-refractivity contribution < 1.29 is 17.9 Å². The maximum atomic E-state index is 13.4. The molecule has 124 valence electrons. The van der Waals surface area contributed by atoms with Crippen LogP contribution in [0.1, 0.15) is 0 Å². The molecular weight excluding hydrogens is 349 g/mol. The van der Waals surface area contributed by atoms with E-state index in [0.717, 1.165) is 17.7 Å². The standard InChI is InChI=1S/C18H9F3N2OS/c19-12-8-11(9-13(20)15(12)21)24-18-16-14(6-7-25-16)22-17(23-18)10-4-2-1-3-5-10/h1-9H. The fraction of sp³-hybridized carbons (Fsp3) is 0. The minimum atomic E-state index is -1.54. The van der Waals surface area contributed by atoms with E-state index in [2.05, 4.69) is 9.97 Å². The predicted octanol–water partition coefficient (Wildman–Crippen LogP) is 5.57. The van der Waals surface area contributed by atoms with Gasteiger partial charge in [0.25, 0.3) is 0 Å². The molecule has 0 aliphatic heterocycles. The number of halogens is 3. The number of benzene rings is 2. The van der Waals surface area contributed by atoms with Crippen LogP contribution in [-0.2, 0) is 0 Å². The van der Waals surface area contributed by atoms with E-state index < -0.39 is 17.5 Å². The normalized spacial score (nSPS) is 11.0. The summed E-state index contributed by atoms with van der Waals surface area (Å²) in [5.74, 6) is -3.79. The monoisotopic (exact) mass is 358 g/mol. The van der Waals surface area contributed by atoms with Crippen molar-refractivity contribution in [1.82, 2.24) is 9.97 Å². The Hall–Kier alpha value is -2.93. The number of hydrogen-bond donors (Lipinski definition) is 0. The maximum absolute atomic E-state index is 13.4. The van der Waals surface area contributed by atoms with Gasteiger partial charge in [-0.1, -0.05) is 30.3 Å². The second kappa shape index (κ2) is 6.18. The Kier molecular flexibility index (Phi) is 3.85. The average molecular weight is 358 g/mol. The summed E-state index contributed by atoms with van der Waals surface area (Å²) in [6.07, 6.45) is 0. The highest BCUT2D eigenvalue weighted by atomic mass is 32.1. The number of rotatable bonds is 3. The van der Waals surface area contributed by atoms with Crippen molar-refractivity contribution in [2.24, 2.45) is 0 Å². The molecule has 0 bridgehead atoms. The lowest BCUT2D eigenvalue weighted by molar-refractivity contribution is 0.420. The second-order valence-corrected chi connectivity index (χ2v) is 6.07. The number of ether oxygens (including phenoxy) is 1. The largest absolute Gasteiger partial charge is 0.437 e. The van der Waals surface area contributed by atoms with Gasteiger partial charge in [0.15, 0.2) is 23.3 Å². The molecule has 2 aromatic heterocycles. The van der Waals surface area contributed by atoms with E-state index in [1.807, 2.05) is 35.7 Å². The van der Waals surface area contributed by atoms with Gasteiger partial charge in [0.2, 0.25) is 5.88 Å². The maximum Gasteiger partial charge on any atom is 0.240 e. The minimum Gasteiger partial charge on any atom is -0.437 e. The Labute approximate surface area is 144 Å². The molecule has 0 aliphatic rings. The molecule has 0 saturated carbocycles. The molecule has 0 saturated heterocycles. The SMILES string of the molecule is Fc1cc(Oc2nc(-c3ccccc3)nc3ccsc23)cc(F)c1F. The van der Waals surface area contributed by atoms with Crippen molar-refractivity contribution >= 4 is 21.6 Å². The summed E-state index contributed by atoms with van der Waals surface area (Å²) < 4.78 is 46.1. The first-order chi connectivity index (χ1) is 12.1. The van der Waals surface area contributed by atoms with Crippen LogP contribution in [0, 0.1) is 17.5 Å². The molecule has 0 spiro atoms. The molecule has 3 nitrogen and oxygen atoms in total. The Bertz CT molecular complexity index is 1040. The molecule has 0 N–H and O–H groups in total. The first-order valence-electron chi connectivity index (χ1n) is 7.25. The van der Waals surface area contributed by atoms with Gasteiger partial charge in [-0.3, -0.25) is 0 Å². The van der Waals surface area contributed by atoms with E-state index in [0.29, 0.717) is 16.0 Å². The zero-order valence-corrected chi connectivity index (χ0v) is 13.4. The third-order valence-electron chi connectivity index (χ3n) is 3.48. The molecule has 25 heavy (non-hydrogen) atoms. The Morgan fingerprint density at radius 3 is 2.32 bits per heavy atom. The Morgan fingerprint density at radius 1 is 0.880 bits per heavy atom. The third kappa shape index (κ3) is 2.94. The van der Waals surface area contributed by atoms with Crippen molar-refractivity contribution in [3.63, 3.8) is 0 Å². The van der Waals surface area contributed by atoms with Gasteiger partial charge < -0.3 is 4.74 Å². The van der Waals surface area contributed by atoms with Gasteiger partial charge >= 0.3 is 0 Å². The first-order valence-corrected chi connectivity index (χ1v) is 8.13. The fourth-order valence-corrected chi connectivity index (χ4v) is 3.08. The molecule has 0 atom stereocenters. The number of hydrogen-bond acceptors (Lipinski definition) is 4. The average Bonchev–Trinajstić information content (AvgIpc) is 3.09. The lowest BCUT2D eigenvalue weighted by Crippen LogP contribution is -1.97. The number of aromatic nitrogens is 2. The van der Waals surface area contributed by atoms with Gasteiger partial charge in [0, 0.05) is 17.7 Å². The van der Waals surface area contributed by atoms with E-state index in [4.69, 9.17) is 4.74 Å². The Balaban J connectivity index is 1.82. The molecule has 2 heterocycles. The van der Waals surface area contributed by atoms with E-state index in [1.165, 1.54) is 11.3 Å². The Morgan fingerprint density at radius 2 is 1.60 bits per heavy atom. The summed E-state index contributed by atoms with van der Waals surface area (Å²) in [7, 11) is 0. The summed E-state index contributed by atoms with van der Waals surface area (Å²) >= 11 is 1.34. The second-order valence-electron chi connectivity index (χ2n) is 5.16. The quantitative estimate of drug-likeness (QED) is 0.449. The molecule has 4 rings (SSSR count). The van der Waals surface area contributed by atoms with Gasteiger partial charge in [-0.25, -0.2) is 18.2 Å². The highest BCUT2D eigenvalue weighted by Crippen LogP contribution is 2.34. The summed E-state index contributed by atoms with van der Waals surface area (Å²) in [4.78, 5) is 8.83. The van der Waals surface area contributed by atoms with Gasteiger partial charge in [-0.05, 0) is 11.4 Å². The van der Waals surface area contributed by atoms with Crippen molar-refractivity contribution in [3.8, 4) is 23.0 Å². The van der Waals surface area contributed by atoms with Crippen molar-refractivity contribution in [3.05, 3.63) is 71.4 Å². The van der Waals surface area contributed by atoms with E-state index in [1.54, 1.807) is 6.07 Å². The van der Waals surface area contributed by atoms with Gasteiger partial charge in [-0.2, -0.15) is 4.98 Å². The molecule has 0 aliphatic carbocycles. The molecular formula is C18H9F3N2OS. The predicted molar refractivity (Wildman–Crippen MR) is 89.2 cm³/mol. The van der Waals surface area contributed by atoms with Crippen LogP contribution in [0.3, 0.4) is 0 Å². The number of nitrogens with zero attached hydrogens (tertiary/aromatic N) is 2. The molecule has 2 aromatic carbocycles. The molecule has 0 radical (unpaired) electrons. The molecule has 0 unspecified atom stereocenters. The summed E-state index contributed by atoms with van der Waals surface area (Å²) in [6, 6.07) is 12.6. The van der Waals surface area contributed by atoms with Crippen LogP contribution in [0.15, 0.2) is 53.9 Å². The van der Waals surface area contributed by atoms with Crippen LogP contribution in [0.5, 0.6) is 11.6 Å². The van der Waals surface area contributed by atoms with E-state index >= 15 is 0 Å². The molecule has 4 aromatic rings. The molecule has 0 fully saturated rings. The van der Waals surface area contributed by atoms with Crippen LogP contribution in [0.2, 0.25) is 0 Å². The lowest BCUT2D eigenvalue weighted by atomic mass is 10.2. The minimum absolute atomic E-state index is 0.157. The fourth-order valence-electron chi connectivity index (χ4n) is 2.32. The van der Waals surface area contributed by atoms with Crippen LogP contribution < -0.4 is 4.74 Å². The third-order valence-corrected chi connectivity index (χ3v) is 4.37. The van der Waals surface area contributed by atoms with Gasteiger partial charge in [0.1, 0.15) is 10.4 Å². The van der Waals surface area contributed by atoms with Gasteiger partial charge in [-0.15, -0.1) is 11.3 Å². The van der Waals surface area contributed by atoms with Crippen molar-refractivity contribution in [2.45, 2.75) is 0 Å².